The number of allylic oxidation sites excluding steroid dienone is 2. The van der Waals surface area contributed by atoms with E-state index < -0.39 is 15.7 Å². The van der Waals surface area contributed by atoms with Crippen LogP contribution in [0.5, 0.6) is 0 Å². The minimum atomic E-state index is -4.38. The molecule has 0 radical (unpaired) electrons. The molecule has 0 bridgehead atoms. The molecule has 0 unspecified atom stereocenters. The number of hydrogen-bond donors (Lipinski definition) is 2. The summed E-state index contributed by atoms with van der Waals surface area (Å²) in [5.41, 5.74) is -0.317. The summed E-state index contributed by atoms with van der Waals surface area (Å²) in [6.45, 7) is 0. The molecule has 23 heavy (non-hydrogen) atoms. The molecule has 0 aliphatic heterocycles. The van der Waals surface area contributed by atoms with Crippen molar-refractivity contribution in [2.45, 2.75) is 4.90 Å². The van der Waals surface area contributed by atoms with Crippen molar-refractivity contribution in [1.82, 2.24) is 0 Å². The van der Waals surface area contributed by atoms with E-state index in [2.05, 4.69) is 5.32 Å². The molecule has 0 spiro atoms. The van der Waals surface area contributed by atoms with E-state index in [-0.39, 0.29) is 10.6 Å². The van der Waals surface area contributed by atoms with Gasteiger partial charge in [-0.3, -0.25) is 4.55 Å². The van der Waals surface area contributed by atoms with Crippen molar-refractivity contribution in [2.75, 3.05) is 5.32 Å². The maximum atomic E-state index is 11.3. The quantitative estimate of drug-likeness (QED) is 0.652. The third-order valence-corrected chi connectivity index (χ3v) is 3.85. The molecule has 0 saturated carbocycles. The molecule has 0 atom stereocenters. The van der Waals surface area contributed by atoms with Crippen LogP contribution in [0.4, 0.5) is 5.69 Å². The Balaban J connectivity index is 2.67. The van der Waals surface area contributed by atoms with Gasteiger partial charge in [-0.25, -0.2) is 0 Å². The van der Waals surface area contributed by atoms with Crippen molar-refractivity contribution in [3.63, 3.8) is 0 Å². The zero-order valence-corrected chi connectivity index (χ0v) is 12.3. The van der Waals surface area contributed by atoms with Gasteiger partial charge >= 0.3 is 0 Å². The lowest BCUT2D eigenvalue weighted by Crippen LogP contribution is -2.02. The van der Waals surface area contributed by atoms with Crippen LogP contribution >= 0.6 is 0 Å². The van der Waals surface area contributed by atoms with Crippen LogP contribution in [-0.2, 0) is 10.1 Å². The Morgan fingerprint density at radius 2 is 1.74 bits per heavy atom. The SMILES string of the molecule is N#CC(C#N)=C(C#N)Nc1cccc2ccc(S(=O)(=O)O)cc12. The minimum Gasteiger partial charge on any atom is -0.345 e. The van der Waals surface area contributed by atoms with Crippen LogP contribution in [0.25, 0.3) is 10.8 Å². The number of fused-ring (bicyclic) bond motifs is 1. The highest BCUT2D eigenvalue weighted by Gasteiger charge is 2.13. The van der Waals surface area contributed by atoms with Crippen LogP contribution in [0.1, 0.15) is 0 Å². The van der Waals surface area contributed by atoms with Crippen LogP contribution in [0.3, 0.4) is 0 Å². The highest BCUT2D eigenvalue weighted by atomic mass is 32.2. The Hall–Kier alpha value is -3.38. The summed E-state index contributed by atoms with van der Waals surface area (Å²) in [7, 11) is -4.38. The monoisotopic (exact) mass is 324 g/mol. The second-order valence-corrected chi connectivity index (χ2v) is 5.80. The second kappa shape index (κ2) is 6.17. The summed E-state index contributed by atoms with van der Waals surface area (Å²) in [6.07, 6.45) is 0. The van der Waals surface area contributed by atoms with E-state index in [1.807, 2.05) is 0 Å². The predicted octanol–water partition coefficient (Wildman–Crippen LogP) is 2.32. The van der Waals surface area contributed by atoms with Crippen molar-refractivity contribution < 1.29 is 13.0 Å². The Morgan fingerprint density at radius 3 is 2.30 bits per heavy atom. The summed E-state index contributed by atoms with van der Waals surface area (Å²) in [5, 5.41) is 30.4. The molecule has 0 aliphatic rings. The first kappa shape index (κ1) is 16.0. The number of nitrogens with zero attached hydrogens (tertiary/aromatic N) is 3. The number of nitrogens with one attached hydrogen (secondary N) is 1. The first-order valence-corrected chi connectivity index (χ1v) is 7.56. The van der Waals surface area contributed by atoms with E-state index in [9.17, 15) is 8.42 Å². The zero-order chi connectivity index (χ0) is 17.0. The number of nitriles is 3. The topological polar surface area (TPSA) is 138 Å². The van der Waals surface area contributed by atoms with E-state index in [0.717, 1.165) is 0 Å². The molecule has 112 valence electrons. The van der Waals surface area contributed by atoms with Crippen LogP contribution < -0.4 is 5.32 Å². The Morgan fingerprint density at radius 1 is 1.04 bits per heavy atom. The van der Waals surface area contributed by atoms with Gasteiger partial charge in [0.25, 0.3) is 10.1 Å². The molecular weight excluding hydrogens is 316 g/mol. The van der Waals surface area contributed by atoms with Crippen molar-refractivity contribution in [3.8, 4) is 18.2 Å². The molecule has 8 heteroatoms. The van der Waals surface area contributed by atoms with E-state index >= 15 is 0 Å². The second-order valence-electron chi connectivity index (χ2n) is 4.37. The van der Waals surface area contributed by atoms with Gasteiger partial charge in [0.15, 0.2) is 5.57 Å². The fourth-order valence-corrected chi connectivity index (χ4v) is 2.45. The molecule has 0 amide bonds. The molecule has 0 aliphatic carbocycles. The first-order chi connectivity index (χ1) is 10.9. The number of hydrogen-bond acceptors (Lipinski definition) is 6. The van der Waals surface area contributed by atoms with Gasteiger partial charge in [-0.05, 0) is 23.6 Å². The third kappa shape index (κ3) is 3.28. The Kier molecular flexibility index (Phi) is 4.29. The zero-order valence-electron chi connectivity index (χ0n) is 11.5. The van der Waals surface area contributed by atoms with E-state index in [1.165, 1.54) is 18.2 Å². The van der Waals surface area contributed by atoms with Crippen molar-refractivity contribution >= 4 is 26.6 Å². The lowest BCUT2D eigenvalue weighted by atomic mass is 10.1. The molecular formula is C15H8N4O3S. The first-order valence-electron chi connectivity index (χ1n) is 6.12. The normalized spacial score (nSPS) is 10.2. The van der Waals surface area contributed by atoms with Gasteiger partial charge in [0.05, 0.1) is 4.90 Å². The van der Waals surface area contributed by atoms with Gasteiger partial charge in [-0.15, -0.1) is 0 Å². The standard InChI is InChI=1S/C15H8N4O3S/c16-7-11(8-17)15(9-18)19-14-3-1-2-10-4-5-12(6-13(10)14)23(20,21)22/h1-6,19H,(H,20,21,22). The number of benzene rings is 2. The average Bonchev–Trinajstić information content (AvgIpc) is 2.53. The highest BCUT2D eigenvalue weighted by Crippen LogP contribution is 2.27. The van der Waals surface area contributed by atoms with E-state index in [0.29, 0.717) is 16.5 Å². The molecule has 2 aromatic carbocycles. The maximum Gasteiger partial charge on any atom is 0.294 e. The fraction of sp³-hybridized carbons (Fsp3) is 0. The van der Waals surface area contributed by atoms with Crippen LogP contribution in [-0.4, -0.2) is 13.0 Å². The number of anilines is 1. The Labute approximate surface area is 132 Å². The largest absolute Gasteiger partial charge is 0.345 e. The number of rotatable bonds is 3. The van der Waals surface area contributed by atoms with E-state index in [4.69, 9.17) is 20.3 Å². The van der Waals surface area contributed by atoms with Gasteiger partial charge in [0, 0.05) is 11.1 Å². The summed E-state index contributed by atoms with van der Waals surface area (Å²) in [4.78, 5) is -0.303. The van der Waals surface area contributed by atoms with Gasteiger partial charge in [-0.2, -0.15) is 24.2 Å². The molecule has 2 aromatic rings. The van der Waals surface area contributed by atoms with Gasteiger partial charge in [-0.1, -0.05) is 18.2 Å². The molecule has 0 heterocycles. The summed E-state index contributed by atoms with van der Waals surface area (Å²) < 4.78 is 31.6. The summed E-state index contributed by atoms with van der Waals surface area (Å²) in [5.74, 6) is 0. The maximum absolute atomic E-state index is 11.3. The van der Waals surface area contributed by atoms with Gasteiger partial charge < -0.3 is 5.32 Å². The Bertz CT molecular complexity index is 1030. The molecule has 0 aromatic heterocycles. The third-order valence-electron chi connectivity index (χ3n) is 3.00. The molecule has 7 nitrogen and oxygen atoms in total. The van der Waals surface area contributed by atoms with Gasteiger partial charge in [0.1, 0.15) is 23.9 Å². The highest BCUT2D eigenvalue weighted by molar-refractivity contribution is 7.85. The molecule has 2 N–H and O–H groups in total. The lowest BCUT2D eigenvalue weighted by Gasteiger charge is -2.09. The van der Waals surface area contributed by atoms with Crippen molar-refractivity contribution in [2.24, 2.45) is 0 Å². The fourth-order valence-electron chi connectivity index (χ4n) is 1.94. The van der Waals surface area contributed by atoms with Crippen LogP contribution in [0.15, 0.2) is 52.6 Å². The van der Waals surface area contributed by atoms with Crippen molar-refractivity contribution in [1.29, 1.82) is 15.8 Å². The summed E-state index contributed by atoms with van der Waals surface area (Å²) in [6, 6.07) is 13.8. The lowest BCUT2D eigenvalue weighted by molar-refractivity contribution is 0.483. The molecule has 0 saturated heterocycles. The smallest absolute Gasteiger partial charge is 0.294 e. The van der Waals surface area contributed by atoms with Crippen molar-refractivity contribution in [3.05, 3.63) is 47.7 Å². The predicted molar refractivity (Wildman–Crippen MR) is 81.3 cm³/mol. The molecule has 0 fully saturated rings. The van der Waals surface area contributed by atoms with E-state index in [1.54, 1.807) is 36.4 Å². The van der Waals surface area contributed by atoms with Gasteiger partial charge in [0.2, 0.25) is 0 Å². The average molecular weight is 324 g/mol. The molecule has 2 rings (SSSR count). The van der Waals surface area contributed by atoms with Crippen LogP contribution in [0, 0.1) is 34.0 Å². The summed E-state index contributed by atoms with van der Waals surface area (Å²) >= 11 is 0. The minimum absolute atomic E-state index is 0.250. The van der Waals surface area contributed by atoms with Crippen LogP contribution in [0.2, 0.25) is 0 Å².